The Bertz CT molecular complexity index is 740. The van der Waals surface area contributed by atoms with Crippen LogP contribution in [0.1, 0.15) is 5.56 Å². The summed E-state index contributed by atoms with van der Waals surface area (Å²) in [4.78, 5) is -0.571. The number of sulfonamides is 1. The molecule has 3 nitrogen and oxygen atoms in total. The topological polar surface area (TPSA) is 46.2 Å². The first-order valence-corrected chi connectivity index (χ1v) is 7.02. The first kappa shape index (κ1) is 14.4. The summed E-state index contributed by atoms with van der Waals surface area (Å²) in [7, 11) is -4.19. The molecule has 2 aromatic rings. The summed E-state index contributed by atoms with van der Waals surface area (Å²) >= 11 is 0. The van der Waals surface area contributed by atoms with E-state index in [0.29, 0.717) is 18.2 Å². The molecule has 0 fully saturated rings. The van der Waals surface area contributed by atoms with Gasteiger partial charge in [-0.2, -0.15) is 0 Å². The molecule has 1 N–H and O–H groups in total. The van der Waals surface area contributed by atoms with Crippen molar-refractivity contribution in [3.63, 3.8) is 0 Å². The molecule has 0 atom stereocenters. The van der Waals surface area contributed by atoms with Crippen LogP contribution in [0.2, 0.25) is 0 Å². The fraction of sp³-hybridized carbons (Fsp3) is 0.0769. The first-order valence-electron chi connectivity index (χ1n) is 5.53. The van der Waals surface area contributed by atoms with E-state index in [1.54, 1.807) is 0 Å². The predicted octanol–water partition coefficient (Wildman–Crippen LogP) is 3.21. The second-order valence-electron chi connectivity index (χ2n) is 4.12. The van der Waals surface area contributed by atoms with Gasteiger partial charge in [0, 0.05) is 11.6 Å². The largest absolute Gasteiger partial charge is 0.279 e. The summed E-state index contributed by atoms with van der Waals surface area (Å²) in [6.45, 7) is 1.39. The van der Waals surface area contributed by atoms with Crippen LogP contribution in [-0.4, -0.2) is 8.42 Å². The smallest absolute Gasteiger partial charge is 0.262 e. The minimum Gasteiger partial charge on any atom is -0.279 e. The van der Waals surface area contributed by atoms with Gasteiger partial charge in [-0.05, 0) is 31.2 Å². The van der Waals surface area contributed by atoms with Gasteiger partial charge in [0.2, 0.25) is 0 Å². The van der Waals surface area contributed by atoms with E-state index < -0.39 is 32.4 Å². The summed E-state index contributed by atoms with van der Waals surface area (Å²) in [5.41, 5.74) is 0.0996. The Morgan fingerprint density at radius 3 is 2.20 bits per heavy atom. The third kappa shape index (κ3) is 2.93. The van der Waals surface area contributed by atoms with Gasteiger partial charge in [0.05, 0.1) is 10.6 Å². The highest BCUT2D eigenvalue weighted by Gasteiger charge is 2.18. The standard InChI is InChI=1S/C13H10F3NO2S/c1-8-12(16)3-2-4-13(8)17-20(18,19)11-6-9(14)5-10(15)7-11/h2-7,17H,1H3. The molecular weight excluding hydrogens is 291 g/mol. The van der Waals surface area contributed by atoms with Crippen molar-refractivity contribution in [2.24, 2.45) is 0 Å². The molecule has 2 rings (SSSR count). The molecule has 0 radical (unpaired) electrons. The van der Waals surface area contributed by atoms with Gasteiger partial charge >= 0.3 is 0 Å². The molecule has 0 aromatic heterocycles. The summed E-state index contributed by atoms with van der Waals surface area (Å²) in [6, 6.07) is 5.78. The zero-order valence-corrected chi connectivity index (χ0v) is 11.1. The normalized spacial score (nSPS) is 11.4. The quantitative estimate of drug-likeness (QED) is 0.946. The van der Waals surface area contributed by atoms with Gasteiger partial charge in [-0.25, -0.2) is 21.6 Å². The number of hydrogen-bond donors (Lipinski definition) is 1. The van der Waals surface area contributed by atoms with E-state index in [1.165, 1.54) is 25.1 Å². The number of rotatable bonds is 3. The molecule has 2 aromatic carbocycles. The molecule has 0 saturated heterocycles. The molecule has 20 heavy (non-hydrogen) atoms. The Balaban J connectivity index is 2.43. The molecule has 0 spiro atoms. The van der Waals surface area contributed by atoms with Crippen molar-refractivity contribution < 1.29 is 21.6 Å². The van der Waals surface area contributed by atoms with E-state index in [-0.39, 0.29) is 11.3 Å². The molecule has 106 valence electrons. The van der Waals surface area contributed by atoms with Crippen LogP contribution in [0, 0.1) is 24.4 Å². The van der Waals surface area contributed by atoms with E-state index in [0.717, 1.165) is 0 Å². The van der Waals surface area contributed by atoms with Crippen LogP contribution >= 0.6 is 0 Å². The maximum Gasteiger partial charge on any atom is 0.262 e. The van der Waals surface area contributed by atoms with E-state index >= 15 is 0 Å². The van der Waals surface area contributed by atoms with Crippen molar-refractivity contribution in [1.29, 1.82) is 0 Å². The molecular formula is C13H10F3NO2S. The van der Waals surface area contributed by atoms with E-state index in [9.17, 15) is 21.6 Å². The fourth-order valence-corrected chi connectivity index (χ4v) is 2.77. The number of halogens is 3. The SMILES string of the molecule is Cc1c(F)cccc1NS(=O)(=O)c1cc(F)cc(F)c1. The summed E-state index contributed by atoms with van der Waals surface area (Å²) in [5, 5.41) is 0. The Labute approximate surface area is 114 Å². The Morgan fingerprint density at radius 2 is 1.60 bits per heavy atom. The average Bonchev–Trinajstić information content (AvgIpc) is 2.33. The second kappa shape index (κ2) is 5.16. The number of benzene rings is 2. The van der Waals surface area contributed by atoms with E-state index in [4.69, 9.17) is 0 Å². The number of anilines is 1. The summed E-state index contributed by atoms with van der Waals surface area (Å²) in [6.07, 6.45) is 0. The Hall–Kier alpha value is -2.02. The first-order chi connectivity index (χ1) is 9.29. The minimum absolute atomic E-state index is 0.00895. The predicted molar refractivity (Wildman–Crippen MR) is 68.3 cm³/mol. The minimum atomic E-state index is -4.19. The monoisotopic (exact) mass is 301 g/mol. The maximum atomic E-state index is 13.3. The van der Waals surface area contributed by atoms with E-state index in [1.807, 2.05) is 0 Å². The van der Waals surface area contributed by atoms with Gasteiger partial charge in [0.15, 0.2) is 0 Å². The van der Waals surface area contributed by atoms with Gasteiger partial charge in [0.25, 0.3) is 10.0 Å². The molecule has 0 aliphatic rings. The lowest BCUT2D eigenvalue weighted by atomic mass is 10.2. The third-order valence-corrected chi connectivity index (χ3v) is 4.00. The maximum absolute atomic E-state index is 13.3. The van der Waals surface area contributed by atoms with Gasteiger partial charge in [0.1, 0.15) is 17.5 Å². The van der Waals surface area contributed by atoms with Crippen LogP contribution in [0.25, 0.3) is 0 Å². The van der Waals surface area contributed by atoms with Crippen LogP contribution in [0.4, 0.5) is 18.9 Å². The number of hydrogen-bond acceptors (Lipinski definition) is 2. The highest BCUT2D eigenvalue weighted by Crippen LogP contribution is 2.22. The lowest BCUT2D eigenvalue weighted by Crippen LogP contribution is -2.14. The number of nitrogens with one attached hydrogen (secondary N) is 1. The van der Waals surface area contributed by atoms with Crippen LogP contribution in [0.15, 0.2) is 41.3 Å². The van der Waals surface area contributed by atoms with Crippen LogP contribution < -0.4 is 4.72 Å². The Morgan fingerprint density at radius 1 is 1.00 bits per heavy atom. The fourth-order valence-electron chi connectivity index (χ4n) is 1.61. The molecule has 0 unspecified atom stereocenters. The van der Waals surface area contributed by atoms with Gasteiger partial charge in [-0.1, -0.05) is 6.07 Å². The highest BCUT2D eigenvalue weighted by molar-refractivity contribution is 7.92. The Kier molecular flexibility index (Phi) is 3.71. The highest BCUT2D eigenvalue weighted by atomic mass is 32.2. The average molecular weight is 301 g/mol. The molecule has 0 bridgehead atoms. The van der Waals surface area contributed by atoms with Crippen molar-refractivity contribution in [1.82, 2.24) is 0 Å². The van der Waals surface area contributed by atoms with Crippen LogP contribution in [-0.2, 0) is 10.0 Å². The lowest BCUT2D eigenvalue weighted by molar-refractivity contribution is 0.568. The molecule has 0 saturated carbocycles. The van der Waals surface area contributed by atoms with Crippen molar-refractivity contribution in [2.45, 2.75) is 11.8 Å². The molecule has 0 amide bonds. The van der Waals surface area contributed by atoms with Crippen LogP contribution in [0.5, 0.6) is 0 Å². The molecule has 7 heteroatoms. The zero-order chi connectivity index (χ0) is 14.9. The molecule has 0 aliphatic heterocycles. The molecule has 0 heterocycles. The molecule has 0 aliphatic carbocycles. The zero-order valence-electron chi connectivity index (χ0n) is 10.3. The van der Waals surface area contributed by atoms with Gasteiger partial charge in [-0.3, -0.25) is 4.72 Å². The van der Waals surface area contributed by atoms with Crippen molar-refractivity contribution in [3.05, 3.63) is 59.4 Å². The van der Waals surface area contributed by atoms with E-state index in [2.05, 4.69) is 4.72 Å². The third-order valence-electron chi connectivity index (χ3n) is 2.66. The summed E-state index contributed by atoms with van der Waals surface area (Å²) < 4.78 is 65.5. The van der Waals surface area contributed by atoms with Crippen molar-refractivity contribution >= 4 is 15.7 Å². The summed E-state index contributed by atoms with van der Waals surface area (Å²) in [5.74, 6) is -2.61. The lowest BCUT2D eigenvalue weighted by Gasteiger charge is -2.11. The van der Waals surface area contributed by atoms with Gasteiger partial charge < -0.3 is 0 Å². The van der Waals surface area contributed by atoms with Gasteiger partial charge in [-0.15, -0.1) is 0 Å². The second-order valence-corrected chi connectivity index (χ2v) is 5.81. The van der Waals surface area contributed by atoms with Crippen molar-refractivity contribution in [3.8, 4) is 0 Å². The van der Waals surface area contributed by atoms with Crippen LogP contribution in [0.3, 0.4) is 0 Å². The van der Waals surface area contributed by atoms with Crippen molar-refractivity contribution in [2.75, 3.05) is 4.72 Å².